The second-order valence-corrected chi connectivity index (χ2v) is 7.60. The number of amides is 1. The number of carbonyl (C=O) groups excluding carboxylic acids is 1. The van der Waals surface area contributed by atoms with Crippen LogP contribution in [0.3, 0.4) is 0 Å². The predicted octanol–water partition coefficient (Wildman–Crippen LogP) is 4.47. The van der Waals surface area contributed by atoms with Crippen molar-refractivity contribution in [3.05, 3.63) is 73.5 Å². The number of aromatic nitrogens is 1. The summed E-state index contributed by atoms with van der Waals surface area (Å²) in [6, 6.07) is 5.34. The molecule has 3 aromatic rings. The molecular weight excluding hydrogens is 425 g/mol. The molecule has 4 rings (SSSR count). The predicted molar refractivity (Wildman–Crippen MR) is 106 cm³/mol. The van der Waals surface area contributed by atoms with Gasteiger partial charge in [-0.15, -0.1) is 0 Å². The fourth-order valence-corrected chi connectivity index (χ4v) is 3.77. The molecule has 150 valence electrons. The zero-order valence-electron chi connectivity index (χ0n) is 15.1. The standard InChI is InChI=1S/C20H14Cl2F2N2O3/c1-9-8-29-19-16(24)15(23)5-12-17(19)26(9)7-13(18(12)27)20(28)25-6-10-2-3-11(21)4-14(10)22/h2-5,7,9H,6,8H2,1H3,(H,25,28). The van der Waals surface area contributed by atoms with Gasteiger partial charge in [0.15, 0.2) is 11.6 Å². The number of halogens is 4. The third-order valence-electron chi connectivity index (χ3n) is 4.81. The molecule has 1 unspecified atom stereocenters. The molecule has 1 aliphatic rings. The molecule has 2 aromatic carbocycles. The highest BCUT2D eigenvalue weighted by Gasteiger charge is 2.28. The van der Waals surface area contributed by atoms with Gasteiger partial charge >= 0.3 is 0 Å². The summed E-state index contributed by atoms with van der Waals surface area (Å²) < 4.78 is 35.0. The molecule has 1 amide bonds. The Morgan fingerprint density at radius 2 is 2.07 bits per heavy atom. The minimum absolute atomic E-state index is 0.0635. The number of benzene rings is 2. The Morgan fingerprint density at radius 3 is 2.79 bits per heavy atom. The Morgan fingerprint density at radius 1 is 1.31 bits per heavy atom. The van der Waals surface area contributed by atoms with Crippen LogP contribution >= 0.6 is 23.2 Å². The number of ether oxygens (including phenoxy) is 1. The van der Waals surface area contributed by atoms with E-state index in [2.05, 4.69) is 5.32 Å². The molecule has 1 aliphatic heterocycles. The Labute approximate surface area is 173 Å². The van der Waals surface area contributed by atoms with Gasteiger partial charge in [0.1, 0.15) is 12.2 Å². The van der Waals surface area contributed by atoms with Gasteiger partial charge in [0.2, 0.25) is 11.2 Å². The molecule has 1 aromatic heterocycles. The molecule has 5 nitrogen and oxygen atoms in total. The van der Waals surface area contributed by atoms with Gasteiger partial charge in [-0.05, 0) is 30.7 Å². The van der Waals surface area contributed by atoms with Crippen molar-refractivity contribution >= 4 is 40.0 Å². The van der Waals surface area contributed by atoms with Gasteiger partial charge in [0.05, 0.1) is 16.9 Å². The van der Waals surface area contributed by atoms with E-state index in [1.807, 2.05) is 0 Å². The highest BCUT2D eigenvalue weighted by Crippen LogP contribution is 2.35. The topological polar surface area (TPSA) is 60.3 Å². The molecule has 0 aliphatic carbocycles. The van der Waals surface area contributed by atoms with Crippen molar-refractivity contribution in [2.24, 2.45) is 0 Å². The summed E-state index contributed by atoms with van der Waals surface area (Å²) in [5.74, 6) is -3.35. The number of nitrogens with one attached hydrogen (secondary N) is 1. The van der Waals surface area contributed by atoms with Crippen molar-refractivity contribution < 1.29 is 18.3 Å². The lowest BCUT2D eigenvalue weighted by Gasteiger charge is -2.27. The van der Waals surface area contributed by atoms with Gasteiger partial charge in [-0.3, -0.25) is 9.59 Å². The number of hydrogen-bond donors (Lipinski definition) is 1. The molecule has 0 saturated carbocycles. The molecule has 29 heavy (non-hydrogen) atoms. The molecule has 0 spiro atoms. The van der Waals surface area contributed by atoms with E-state index in [9.17, 15) is 18.4 Å². The number of carbonyl (C=O) groups is 1. The van der Waals surface area contributed by atoms with Crippen LogP contribution in [-0.4, -0.2) is 17.1 Å². The Hall–Kier alpha value is -2.64. The smallest absolute Gasteiger partial charge is 0.257 e. The number of rotatable bonds is 3. The second-order valence-electron chi connectivity index (χ2n) is 6.76. The van der Waals surface area contributed by atoms with E-state index in [0.717, 1.165) is 6.07 Å². The van der Waals surface area contributed by atoms with Crippen LogP contribution in [0, 0.1) is 11.6 Å². The Kier molecular flexibility index (Phi) is 4.96. The molecule has 0 fully saturated rings. The van der Waals surface area contributed by atoms with E-state index in [-0.39, 0.29) is 41.4 Å². The minimum atomic E-state index is -1.21. The van der Waals surface area contributed by atoms with E-state index in [1.165, 1.54) is 6.20 Å². The summed E-state index contributed by atoms with van der Waals surface area (Å²) in [6.07, 6.45) is 1.34. The molecule has 1 N–H and O–H groups in total. The first-order valence-corrected chi connectivity index (χ1v) is 9.45. The monoisotopic (exact) mass is 438 g/mol. The summed E-state index contributed by atoms with van der Waals surface area (Å²) in [4.78, 5) is 25.5. The Balaban J connectivity index is 1.76. The van der Waals surface area contributed by atoms with Crippen molar-refractivity contribution in [2.75, 3.05) is 6.61 Å². The molecule has 2 heterocycles. The average molecular weight is 439 g/mol. The highest BCUT2D eigenvalue weighted by atomic mass is 35.5. The molecule has 0 saturated heterocycles. The number of nitrogens with zero attached hydrogens (tertiary/aromatic N) is 1. The summed E-state index contributed by atoms with van der Waals surface area (Å²) in [6.45, 7) is 1.92. The van der Waals surface area contributed by atoms with E-state index in [0.29, 0.717) is 15.6 Å². The van der Waals surface area contributed by atoms with Crippen LogP contribution in [0.5, 0.6) is 5.75 Å². The average Bonchev–Trinajstić information content (AvgIpc) is 2.68. The first-order chi connectivity index (χ1) is 13.8. The third kappa shape index (κ3) is 3.34. The van der Waals surface area contributed by atoms with E-state index in [4.69, 9.17) is 27.9 Å². The number of hydrogen-bond acceptors (Lipinski definition) is 3. The highest BCUT2D eigenvalue weighted by molar-refractivity contribution is 6.35. The van der Waals surface area contributed by atoms with Crippen LogP contribution in [0.25, 0.3) is 10.9 Å². The first kappa shape index (κ1) is 19.7. The van der Waals surface area contributed by atoms with Crippen molar-refractivity contribution in [1.29, 1.82) is 0 Å². The quantitative estimate of drug-likeness (QED) is 0.655. The van der Waals surface area contributed by atoms with Gasteiger partial charge in [-0.25, -0.2) is 4.39 Å². The fraction of sp³-hybridized carbons (Fsp3) is 0.200. The summed E-state index contributed by atoms with van der Waals surface area (Å²) in [5, 5.41) is 3.33. The van der Waals surface area contributed by atoms with Crippen molar-refractivity contribution in [2.45, 2.75) is 19.5 Å². The minimum Gasteiger partial charge on any atom is -0.486 e. The molecule has 0 radical (unpaired) electrons. The first-order valence-electron chi connectivity index (χ1n) is 8.69. The van der Waals surface area contributed by atoms with Crippen molar-refractivity contribution in [1.82, 2.24) is 9.88 Å². The fourth-order valence-electron chi connectivity index (χ4n) is 3.29. The van der Waals surface area contributed by atoms with Gasteiger partial charge in [-0.2, -0.15) is 4.39 Å². The summed E-state index contributed by atoms with van der Waals surface area (Å²) in [5.41, 5.74) is -0.157. The zero-order chi connectivity index (χ0) is 20.9. The maximum absolute atomic E-state index is 14.1. The van der Waals surface area contributed by atoms with Crippen LogP contribution < -0.4 is 15.5 Å². The molecular formula is C20H14Cl2F2N2O3. The van der Waals surface area contributed by atoms with Crippen LogP contribution in [-0.2, 0) is 6.54 Å². The van der Waals surface area contributed by atoms with Crippen LogP contribution in [0.2, 0.25) is 10.0 Å². The lowest BCUT2D eigenvalue weighted by atomic mass is 10.1. The lowest BCUT2D eigenvalue weighted by Crippen LogP contribution is -2.32. The normalized spacial score (nSPS) is 15.3. The SMILES string of the molecule is CC1COc2c(F)c(F)cc3c(=O)c(C(=O)NCc4ccc(Cl)cc4Cl)cn1c23. The van der Waals surface area contributed by atoms with Gasteiger partial charge < -0.3 is 14.6 Å². The molecule has 0 bridgehead atoms. The van der Waals surface area contributed by atoms with Crippen molar-refractivity contribution in [3.63, 3.8) is 0 Å². The van der Waals surface area contributed by atoms with Crippen molar-refractivity contribution in [3.8, 4) is 5.75 Å². The lowest BCUT2D eigenvalue weighted by molar-refractivity contribution is 0.0948. The third-order valence-corrected chi connectivity index (χ3v) is 5.40. The maximum atomic E-state index is 14.1. The molecule has 9 heteroatoms. The molecule has 1 atom stereocenters. The van der Waals surface area contributed by atoms with Gasteiger partial charge in [-0.1, -0.05) is 29.3 Å². The van der Waals surface area contributed by atoms with E-state index in [1.54, 1.807) is 29.7 Å². The largest absolute Gasteiger partial charge is 0.486 e. The maximum Gasteiger partial charge on any atom is 0.257 e. The van der Waals surface area contributed by atoms with Crippen LogP contribution in [0.15, 0.2) is 35.3 Å². The summed E-state index contributed by atoms with van der Waals surface area (Å²) >= 11 is 12.0. The number of pyridine rings is 1. The van der Waals surface area contributed by atoms with Gasteiger partial charge in [0.25, 0.3) is 5.91 Å². The van der Waals surface area contributed by atoms with Crippen LogP contribution in [0.1, 0.15) is 28.9 Å². The second kappa shape index (κ2) is 7.31. The Bertz CT molecular complexity index is 1230. The van der Waals surface area contributed by atoms with Gasteiger partial charge in [0, 0.05) is 22.8 Å². The summed E-state index contributed by atoms with van der Waals surface area (Å²) in [7, 11) is 0. The zero-order valence-corrected chi connectivity index (χ0v) is 16.6. The van der Waals surface area contributed by atoms with Crippen LogP contribution in [0.4, 0.5) is 8.78 Å². The van der Waals surface area contributed by atoms with E-state index < -0.39 is 23.0 Å². The van der Waals surface area contributed by atoms with E-state index >= 15 is 0 Å².